The zero-order valence-electron chi connectivity index (χ0n) is 15.7. The number of carbonyl (C=O) groups is 1. The largest absolute Gasteiger partial charge is 0.446 e. The number of hydrogen-bond acceptors (Lipinski definition) is 5. The van der Waals surface area contributed by atoms with Crippen molar-refractivity contribution >= 4 is 5.91 Å². The highest BCUT2D eigenvalue weighted by molar-refractivity contribution is 5.92. The highest BCUT2D eigenvalue weighted by Gasteiger charge is 2.18. The second-order valence-electron chi connectivity index (χ2n) is 6.36. The fourth-order valence-electron chi connectivity index (χ4n) is 2.64. The van der Waals surface area contributed by atoms with E-state index < -0.39 is 0 Å². The summed E-state index contributed by atoms with van der Waals surface area (Å²) in [6.45, 7) is 11.7. The summed E-state index contributed by atoms with van der Waals surface area (Å²) in [7, 11) is 0. The molecule has 6 nitrogen and oxygen atoms in total. The maximum Gasteiger partial charge on any atom is 0.273 e. The van der Waals surface area contributed by atoms with Crippen molar-refractivity contribution in [2.75, 3.05) is 19.6 Å². The molecule has 138 valence electrons. The van der Waals surface area contributed by atoms with Gasteiger partial charge in [0.05, 0.1) is 6.04 Å². The number of rotatable bonds is 12. The van der Waals surface area contributed by atoms with Gasteiger partial charge in [-0.2, -0.15) is 0 Å². The predicted molar refractivity (Wildman–Crippen MR) is 96.9 cm³/mol. The molecule has 2 atom stereocenters. The smallest absolute Gasteiger partial charge is 0.273 e. The summed E-state index contributed by atoms with van der Waals surface area (Å²) in [6, 6.07) is -0.125. The van der Waals surface area contributed by atoms with Gasteiger partial charge in [-0.15, -0.1) is 0 Å². The van der Waals surface area contributed by atoms with Gasteiger partial charge in [0, 0.05) is 6.04 Å². The number of nitrogens with one attached hydrogen (secondary N) is 1. The van der Waals surface area contributed by atoms with Crippen molar-refractivity contribution in [3.05, 3.63) is 17.8 Å². The molecule has 0 aliphatic heterocycles. The molecule has 1 heterocycles. The summed E-state index contributed by atoms with van der Waals surface area (Å²) in [5.41, 5.74) is 6.34. The molecule has 1 aromatic rings. The average molecular weight is 338 g/mol. The predicted octanol–water partition coefficient (Wildman–Crippen LogP) is 3.10. The average Bonchev–Trinajstić information content (AvgIpc) is 3.07. The Kier molecular flexibility index (Phi) is 9.64. The first-order valence-electron chi connectivity index (χ1n) is 9.25. The van der Waals surface area contributed by atoms with Crippen LogP contribution >= 0.6 is 0 Å². The van der Waals surface area contributed by atoms with Crippen molar-refractivity contribution in [2.24, 2.45) is 5.73 Å². The van der Waals surface area contributed by atoms with Gasteiger partial charge in [0.15, 0.2) is 5.69 Å². The first-order valence-corrected chi connectivity index (χ1v) is 9.25. The molecule has 0 aliphatic rings. The van der Waals surface area contributed by atoms with Crippen molar-refractivity contribution in [3.8, 4) is 0 Å². The van der Waals surface area contributed by atoms with Crippen molar-refractivity contribution in [1.29, 1.82) is 0 Å². The third-order valence-corrected chi connectivity index (χ3v) is 4.32. The molecule has 3 N–H and O–H groups in total. The molecule has 0 fully saturated rings. The molecule has 0 radical (unpaired) electrons. The molecule has 1 rings (SSSR count). The lowest BCUT2D eigenvalue weighted by Crippen LogP contribution is -2.34. The Labute approximate surface area is 146 Å². The Hall–Kier alpha value is -1.40. The van der Waals surface area contributed by atoms with E-state index in [1.54, 1.807) is 0 Å². The van der Waals surface area contributed by atoms with Crippen LogP contribution in [0.4, 0.5) is 0 Å². The molecule has 0 bridgehead atoms. The van der Waals surface area contributed by atoms with E-state index in [9.17, 15) is 4.79 Å². The minimum absolute atomic E-state index is 0.113. The van der Waals surface area contributed by atoms with Crippen molar-refractivity contribution in [2.45, 2.75) is 71.9 Å². The Morgan fingerprint density at radius 2 is 2.00 bits per heavy atom. The van der Waals surface area contributed by atoms with E-state index in [1.807, 2.05) is 6.92 Å². The molecule has 0 saturated carbocycles. The monoisotopic (exact) mass is 338 g/mol. The molecule has 6 heteroatoms. The second kappa shape index (κ2) is 11.2. The summed E-state index contributed by atoms with van der Waals surface area (Å²) >= 11 is 0. The Bertz CT molecular complexity index is 471. The van der Waals surface area contributed by atoms with Gasteiger partial charge in [-0.05, 0) is 45.8 Å². The molecular formula is C18H34N4O2. The molecule has 0 aliphatic carbocycles. The van der Waals surface area contributed by atoms with Crippen LogP contribution in [0.15, 0.2) is 10.7 Å². The molecule has 0 aromatic carbocycles. The Balaban J connectivity index is 2.40. The van der Waals surface area contributed by atoms with E-state index >= 15 is 0 Å². The van der Waals surface area contributed by atoms with Crippen molar-refractivity contribution in [1.82, 2.24) is 15.2 Å². The summed E-state index contributed by atoms with van der Waals surface area (Å²) < 4.78 is 5.36. The summed E-state index contributed by atoms with van der Waals surface area (Å²) in [6.07, 6.45) is 6.33. The van der Waals surface area contributed by atoms with Gasteiger partial charge in [-0.1, -0.05) is 33.6 Å². The molecule has 0 saturated heterocycles. The van der Waals surface area contributed by atoms with Gasteiger partial charge in [0.25, 0.3) is 5.91 Å². The third-order valence-electron chi connectivity index (χ3n) is 4.32. The minimum Gasteiger partial charge on any atom is -0.446 e. The van der Waals surface area contributed by atoms with Crippen LogP contribution in [0, 0.1) is 0 Å². The lowest BCUT2D eigenvalue weighted by Gasteiger charge is -2.19. The number of nitrogens with zero attached hydrogens (tertiary/aromatic N) is 2. The number of amides is 1. The van der Waals surface area contributed by atoms with E-state index in [0.29, 0.717) is 11.6 Å². The number of aromatic nitrogens is 1. The zero-order chi connectivity index (χ0) is 17.9. The first kappa shape index (κ1) is 20.6. The molecule has 1 amide bonds. The van der Waals surface area contributed by atoms with Crippen LogP contribution in [0.25, 0.3) is 0 Å². The van der Waals surface area contributed by atoms with Gasteiger partial charge in [-0.3, -0.25) is 4.79 Å². The van der Waals surface area contributed by atoms with Crippen LogP contribution in [0.2, 0.25) is 0 Å². The van der Waals surface area contributed by atoms with Gasteiger partial charge in [0.1, 0.15) is 6.26 Å². The quantitative estimate of drug-likeness (QED) is 0.612. The number of hydrogen-bond donors (Lipinski definition) is 2. The number of oxazole rings is 1. The lowest BCUT2D eigenvalue weighted by molar-refractivity contribution is 0.0932. The van der Waals surface area contributed by atoms with Gasteiger partial charge < -0.3 is 20.4 Å². The van der Waals surface area contributed by atoms with E-state index in [4.69, 9.17) is 10.2 Å². The highest BCUT2D eigenvalue weighted by atomic mass is 16.3. The van der Waals surface area contributed by atoms with E-state index in [2.05, 4.69) is 36.0 Å². The summed E-state index contributed by atoms with van der Waals surface area (Å²) in [5, 5.41) is 2.98. The SMILES string of the molecule is CCCCC(N)c1nc(C(=O)NC(C)CCCN(CC)CC)co1. The number of unbranched alkanes of at least 4 members (excludes halogenated alkanes) is 1. The van der Waals surface area contributed by atoms with Crippen LogP contribution in [0.3, 0.4) is 0 Å². The van der Waals surface area contributed by atoms with Crippen LogP contribution in [-0.2, 0) is 0 Å². The lowest BCUT2D eigenvalue weighted by atomic mass is 10.1. The fourth-order valence-corrected chi connectivity index (χ4v) is 2.64. The van der Waals surface area contributed by atoms with Crippen molar-refractivity contribution < 1.29 is 9.21 Å². The fraction of sp³-hybridized carbons (Fsp3) is 0.778. The summed E-state index contributed by atoms with van der Waals surface area (Å²) in [4.78, 5) is 18.9. The van der Waals surface area contributed by atoms with Crippen LogP contribution in [0.5, 0.6) is 0 Å². The van der Waals surface area contributed by atoms with Crippen LogP contribution in [0.1, 0.15) is 82.2 Å². The maximum absolute atomic E-state index is 12.2. The molecule has 24 heavy (non-hydrogen) atoms. The first-order chi connectivity index (χ1) is 11.5. The van der Waals surface area contributed by atoms with Crippen molar-refractivity contribution in [3.63, 3.8) is 0 Å². The molecule has 0 spiro atoms. The number of carbonyl (C=O) groups excluding carboxylic acids is 1. The molecule has 1 aromatic heterocycles. The Morgan fingerprint density at radius 3 is 2.62 bits per heavy atom. The van der Waals surface area contributed by atoms with Gasteiger partial charge in [0.2, 0.25) is 5.89 Å². The van der Waals surface area contributed by atoms with E-state index in [1.165, 1.54) is 6.26 Å². The molecule has 2 unspecified atom stereocenters. The van der Waals surface area contributed by atoms with E-state index in [-0.39, 0.29) is 18.0 Å². The number of nitrogens with two attached hydrogens (primary N) is 1. The highest BCUT2D eigenvalue weighted by Crippen LogP contribution is 2.16. The second-order valence-corrected chi connectivity index (χ2v) is 6.36. The van der Waals surface area contributed by atoms with Gasteiger partial charge in [-0.25, -0.2) is 4.98 Å². The van der Waals surface area contributed by atoms with E-state index in [0.717, 1.165) is 51.7 Å². The molecular weight excluding hydrogens is 304 g/mol. The van der Waals surface area contributed by atoms with Crippen LogP contribution < -0.4 is 11.1 Å². The standard InChI is InChI=1S/C18H34N4O2/c1-5-8-11-15(19)18-21-16(13-24-18)17(23)20-14(4)10-9-12-22(6-2)7-3/h13-15H,5-12,19H2,1-4H3,(H,20,23). The normalized spacial score (nSPS) is 13.9. The van der Waals surface area contributed by atoms with Crippen LogP contribution in [-0.4, -0.2) is 41.5 Å². The minimum atomic E-state index is -0.238. The third kappa shape index (κ3) is 7.01. The summed E-state index contributed by atoms with van der Waals surface area (Å²) in [5.74, 6) is 0.255. The Morgan fingerprint density at radius 1 is 1.29 bits per heavy atom. The maximum atomic E-state index is 12.2. The zero-order valence-corrected chi connectivity index (χ0v) is 15.7. The topological polar surface area (TPSA) is 84.4 Å². The van der Waals surface area contributed by atoms with Gasteiger partial charge >= 0.3 is 0 Å².